The van der Waals surface area contributed by atoms with E-state index in [-0.39, 0.29) is 0 Å². The molecule has 3 heterocycles. The van der Waals surface area contributed by atoms with Crippen molar-refractivity contribution in [2.75, 3.05) is 0 Å². The molecule has 0 bridgehead atoms. The molecule has 0 saturated carbocycles. The largest absolute Gasteiger partial charge is 0.455 e. The van der Waals surface area contributed by atoms with Gasteiger partial charge in [-0.3, -0.25) is 0 Å². The maximum Gasteiger partial charge on any atom is 0.160 e. The number of para-hydroxylation sites is 1. The van der Waals surface area contributed by atoms with Gasteiger partial charge in [-0.05, 0) is 68.4 Å². The van der Waals surface area contributed by atoms with Gasteiger partial charge in [-0.15, -0.1) is 0 Å². The van der Waals surface area contributed by atoms with Crippen LogP contribution in [0.2, 0.25) is 0 Å². The Kier molecular flexibility index (Phi) is 8.79. The number of pyridine rings is 1. The molecule has 12 rings (SSSR count). The number of hydrogen-bond donors (Lipinski definition) is 0. The van der Waals surface area contributed by atoms with Gasteiger partial charge >= 0.3 is 0 Å². The van der Waals surface area contributed by atoms with Gasteiger partial charge in [0.25, 0.3) is 0 Å². The van der Waals surface area contributed by atoms with Crippen LogP contribution in [0, 0.1) is 0 Å². The number of furan rings is 1. The second-order valence-corrected chi connectivity index (χ2v) is 16.0. The molecular formula is C59H37N3O. The van der Waals surface area contributed by atoms with Crippen molar-refractivity contribution in [3.8, 4) is 78.5 Å². The molecule has 0 radical (unpaired) electrons. The van der Waals surface area contributed by atoms with E-state index in [4.69, 9.17) is 19.4 Å². The molecule has 0 unspecified atom stereocenters. The summed E-state index contributed by atoms with van der Waals surface area (Å²) in [5.41, 5.74) is 16.3. The minimum atomic E-state index is 0.684. The Morgan fingerprint density at radius 3 is 1.29 bits per heavy atom. The number of rotatable bonds is 7. The number of aromatic nitrogens is 3. The van der Waals surface area contributed by atoms with E-state index in [1.165, 1.54) is 22.1 Å². The highest BCUT2D eigenvalue weighted by atomic mass is 16.3. The lowest BCUT2D eigenvalue weighted by Crippen LogP contribution is -1.96. The molecule has 0 aliphatic carbocycles. The third kappa shape index (κ3) is 6.71. The van der Waals surface area contributed by atoms with Crippen molar-refractivity contribution in [3.63, 3.8) is 0 Å². The van der Waals surface area contributed by atoms with E-state index in [0.29, 0.717) is 5.82 Å². The number of fused-ring (bicyclic) bond motifs is 6. The maximum atomic E-state index is 6.58. The van der Waals surface area contributed by atoms with Crippen LogP contribution in [0.15, 0.2) is 229 Å². The smallest absolute Gasteiger partial charge is 0.160 e. The van der Waals surface area contributed by atoms with Crippen LogP contribution in [0.4, 0.5) is 0 Å². The molecule has 0 spiro atoms. The topological polar surface area (TPSA) is 51.8 Å². The Morgan fingerprint density at radius 1 is 0.302 bits per heavy atom. The van der Waals surface area contributed by atoms with Gasteiger partial charge in [0.15, 0.2) is 5.82 Å². The van der Waals surface area contributed by atoms with E-state index >= 15 is 0 Å². The van der Waals surface area contributed by atoms with E-state index in [0.717, 1.165) is 94.3 Å². The summed E-state index contributed by atoms with van der Waals surface area (Å²) in [7, 11) is 0. The predicted molar refractivity (Wildman–Crippen MR) is 260 cm³/mol. The quantitative estimate of drug-likeness (QED) is 0.151. The Balaban J connectivity index is 0.898. The summed E-state index contributed by atoms with van der Waals surface area (Å²) in [5, 5.41) is 5.44. The van der Waals surface area contributed by atoms with E-state index in [1.54, 1.807) is 0 Å². The first-order valence-electron chi connectivity index (χ1n) is 21.2. The minimum absolute atomic E-state index is 0.684. The SMILES string of the molecule is c1ccc(-c2ccc(-c3cc(-c4ccc(-c5ccc(-c6nc7cc8ccccc8cc7c7oc8ccccc8c67)cc5)cc4)nc(-c4ccc(-c5ccccc5)cc4)n3)cc2)cc1. The standard InChI is InChI=1S/C59H37N3O/c1-3-11-38(12-4-1)40-19-27-44(28-20-40)52-37-53(62-59(61-52)47-33-25-41(26-34-47)39-13-5-2-6-14-39)45-29-21-42(22-30-45)43-23-31-46(32-24-43)57-56-50-17-9-10-18-55(50)63-58(56)51-35-48-15-7-8-16-49(48)36-54(51)60-57/h1-37H. The van der Waals surface area contributed by atoms with Crippen molar-refractivity contribution < 1.29 is 4.42 Å². The van der Waals surface area contributed by atoms with Crippen molar-refractivity contribution in [1.82, 2.24) is 15.0 Å². The average molecular weight is 804 g/mol. The number of benzene rings is 9. The molecular weight excluding hydrogens is 767 g/mol. The molecule has 0 N–H and O–H groups in total. The fraction of sp³-hybridized carbons (Fsp3) is 0. The molecule has 3 aromatic heterocycles. The lowest BCUT2D eigenvalue weighted by atomic mass is 9.97. The predicted octanol–water partition coefficient (Wildman–Crippen LogP) is 15.7. The summed E-state index contributed by atoms with van der Waals surface area (Å²) >= 11 is 0. The monoisotopic (exact) mass is 803 g/mol. The van der Waals surface area contributed by atoms with Gasteiger partial charge < -0.3 is 4.42 Å². The van der Waals surface area contributed by atoms with Gasteiger partial charge in [0.1, 0.15) is 11.2 Å². The molecule has 63 heavy (non-hydrogen) atoms. The Hall–Kier alpha value is -8.47. The summed E-state index contributed by atoms with van der Waals surface area (Å²) in [4.78, 5) is 15.6. The van der Waals surface area contributed by atoms with Crippen LogP contribution < -0.4 is 0 Å². The van der Waals surface area contributed by atoms with E-state index < -0.39 is 0 Å². The summed E-state index contributed by atoms with van der Waals surface area (Å²) in [6.07, 6.45) is 0. The van der Waals surface area contributed by atoms with Gasteiger partial charge in [-0.25, -0.2) is 15.0 Å². The first-order chi connectivity index (χ1) is 31.2. The first kappa shape index (κ1) is 36.4. The lowest BCUT2D eigenvalue weighted by Gasteiger charge is -2.12. The van der Waals surface area contributed by atoms with Crippen molar-refractivity contribution >= 4 is 43.6 Å². The van der Waals surface area contributed by atoms with Crippen molar-refractivity contribution in [3.05, 3.63) is 224 Å². The zero-order valence-corrected chi connectivity index (χ0v) is 34.1. The highest BCUT2D eigenvalue weighted by Gasteiger charge is 2.19. The Labute approximate surface area is 364 Å². The van der Waals surface area contributed by atoms with Gasteiger partial charge in [0.05, 0.1) is 28.0 Å². The van der Waals surface area contributed by atoms with Crippen molar-refractivity contribution in [1.29, 1.82) is 0 Å². The van der Waals surface area contributed by atoms with E-state index in [1.807, 2.05) is 24.3 Å². The van der Waals surface area contributed by atoms with Crippen molar-refractivity contribution in [2.45, 2.75) is 0 Å². The molecule has 9 aromatic carbocycles. The molecule has 4 nitrogen and oxygen atoms in total. The van der Waals surface area contributed by atoms with Crippen LogP contribution in [0.5, 0.6) is 0 Å². The zero-order valence-electron chi connectivity index (χ0n) is 34.1. The van der Waals surface area contributed by atoms with Crippen LogP contribution in [-0.4, -0.2) is 15.0 Å². The summed E-state index contributed by atoms with van der Waals surface area (Å²) in [6.45, 7) is 0. The Morgan fingerprint density at radius 2 is 0.730 bits per heavy atom. The Bertz CT molecular complexity index is 3520. The van der Waals surface area contributed by atoms with Crippen molar-refractivity contribution in [2.24, 2.45) is 0 Å². The van der Waals surface area contributed by atoms with Crippen LogP contribution >= 0.6 is 0 Å². The fourth-order valence-electron chi connectivity index (χ4n) is 8.79. The van der Waals surface area contributed by atoms with Gasteiger partial charge in [-0.1, -0.05) is 200 Å². The molecule has 0 fully saturated rings. The summed E-state index contributed by atoms with van der Waals surface area (Å²) in [5.74, 6) is 0.684. The second-order valence-electron chi connectivity index (χ2n) is 16.0. The van der Waals surface area contributed by atoms with Gasteiger partial charge in [-0.2, -0.15) is 0 Å². The third-order valence-corrected chi connectivity index (χ3v) is 12.1. The number of hydrogen-bond acceptors (Lipinski definition) is 4. The molecule has 0 saturated heterocycles. The average Bonchev–Trinajstić information content (AvgIpc) is 3.76. The summed E-state index contributed by atoms with van der Waals surface area (Å²) in [6, 6.07) is 78.6. The molecule has 4 heteroatoms. The normalized spacial score (nSPS) is 11.5. The molecule has 0 amide bonds. The summed E-state index contributed by atoms with van der Waals surface area (Å²) < 4.78 is 6.58. The van der Waals surface area contributed by atoms with Gasteiger partial charge in [0.2, 0.25) is 0 Å². The minimum Gasteiger partial charge on any atom is -0.455 e. The van der Waals surface area contributed by atoms with Crippen LogP contribution in [0.3, 0.4) is 0 Å². The lowest BCUT2D eigenvalue weighted by molar-refractivity contribution is 0.672. The zero-order chi connectivity index (χ0) is 41.7. The highest BCUT2D eigenvalue weighted by Crippen LogP contribution is 2.41. The molecule has 0 aliphatic heterocycles. The first-order valence-corrected chi connectivity index (χ1v) is 21.2. The van der Waals surface area contributed by atoms with Crippen LogP contribution in [0.25, 0.3) is 122 Å². The van der Waals surface area contributed by atoms with E-state index in [2.05, 4.69) is 200 Å². The van der Waals surface area contributed by atoms with Crippen LogP contribution in [0.1, 0.15) is 0 Å². The highest BCUT2D eigenvalue weighted by molar-refractivity contribution is 6.20. The second kappa shape index (κ2) is 15.2. The fourth-order valence-corrected chi connectivity index (χ4v) is 8.79. The van der Waals surface area contributed by atoms with E-state index in [9.17, 15) is 0 Å². The third-order valence-electron chi connectivity index (χ3n) is 12.1. The number of nitrogens with zero attached hydrogens (tertiary/aromatic N) is 3. The molecule has 0 atom stereocenters. The molecule has 294 valence electrons. The maximum absolute atomic E-state index is 6.58. The van der Waals surface area contributed by atoms with Gasteiger partial charge in [0, 0.05) is 33.0 Å². The molecule has 0 aliphatic rings. The molecule has 12 aromatic rings. The van der Waals surface area contributed by atoms with Crippen LogP contribution in [-0.2, 0) is 0 Å².